The third kappa shape index (κ3) is 4.66. The molecule has 0 unspecified atom stereocenters. The van der Waals surface area contributed by atoms with Crippen LogP contribution in [0.25, 0.3) is 0 Å². The zero-order valence-corrected chi connectivity index (χ0v) is 14.8. The molecule has 0 amide bonds. The Bertz CT molecular complexity index is 712. The van der Waals surface area contributed by atoms with Crippen molar-refractivity contribution in [3.8, 4) is 11.5 Å². The van der Waals surface area contributed by atoms with Crippen molar-refractivity contribution in [1.29, 1.82) is 0 Å². The maximum absolute atomic E-state index is 11.9. The van der Waals surface area contributed by atoms with Gasteiger partial charge in [-0.2, -0.15) is 0 Å². The molecule has 2 aromatic carbocycles. The molecule has 0 aromatic heterocycles. The number of hydrogen-bond acceptors (Lipinski definition) is 4. The van der Waals surface area contributed by atoms with Gasteiger partial charge in [0.05, 0.1) is 0 Å². The fourth-order valence-corrected chi connectivity index (χ4v) is 2.86. The second-order valence-electron chi connectivity index (χ2n) is 5.21. The summed E-state index contributed by atoms with van der Waals surface area (Å²) >= 11 is 3.42. The molecule has 4 nitrogen and oxygen atoms in total. The van der Waals surface area contributed by atoms with Gasteiger partial charge in [-0.1, -0.05) is 15.9 Å². The first-order valence-electron chi connectivity index (χ1n) is 7.08. The van der Waals surface area contributed by atoms with Crippen molar-refractivity contribution in [3.63, 3.8) is 0 Å². The van der Waals surface area contributed by atoms with Crippen molar-refractivity contribution < 1.29 is 19.1 Å². The third-order valence-electron chi connectivity index (χ3n) is 3.25. The number of aryl methyl sites for hydroxylation is 2. The lowest BCUT2D eigenvalue weighted by molar-refractivity contribution is -0.136. The highest BCUT2D eigenvalue weighted by Gasteiger charge is 2.10. The Kier molecular flexibility index (Phi) is 5.55. The van der Waals surface area contributed by atoms with Gasteiger partial charge < -0.3 is 9.47 Å². The molecule has 0 N–H and O–H groups in total. The molecule has 5 heteroatoms. The second-order valence-corrected chi connectivity index (χ2v) is 6.13. The molecule has 0 aliphatic heterocycles. The molecule has 0 heterocycles. The molecule has 0 bridgehead atoms. The fraction of sp³-hybridized carbons (Fsp3) is 0.222. The largest absolute Gasteiger partial charge is 0.481 e. The van der Waals surface area contributed by atoms with Crippen molar-refractivity contribution in [2.45, 2.75) is 20.8 Å². The molecule has 0 atom stereocenters. The molecule has 0 saturated carbocycles. The van der Waals surface area contributed by atoms with Gasteiger partial charge in [0.1, 0.15) is 11.5 Å². The van der Waals surface area contributed by atoms with Gasteiger partial charge >= 0.3 is 5.97 Å². The summed E-state index contributed by atoms with van der Waals surface area (Å²) in [4.78, 5) is 23.1. The number of halogens is 1. The van der Waals surface area contributed by atoms with Crippen molar-refractivity contribution in [2.75, 3.05) is 6.61 Å². The van der Waals surface area contributed by atoms with E-state index in [4.69, 9.17) is 9.47 Å². The van der Waals surface area contributed by atoms with Crippen molar-refractivity contribution in [3.05, 3.63) is 57.6 Å². The van der Waals surface area contributed by atoms with Crippen LogP contribution in [0.4, 0.5) is 0 Å². The van der Waals surface area contributed by atoms with Crippen LogP contribution in [0.2, 0.25) is 0 Å². The Balaban J connectivity index is 1.96. The summed E-state index contributed by atoms with van der Waals surface area (Å²) in [6.07, 6.45) is 0. The normalized spacial score (nSPS) is 10.3. The van der Waals surface area contributed by atoms with E-state index in [9.17, 15) is 9.59 Å². The Morgan fingerprint density at radius 1 is 1.04 bits per heavy atom. The van der Waals surface area contributed by atoms with Crippen LogP contribution < -0.4 is 9.47 Å². The summed E-state index contributed by atoms with van der Waals surface area (Å²) in [6.45, 7) is 5.13. The molecule has 0 spiro atoms. The minimum Gasteiger partial charge on any atom is -0.481 e. The monoisotopic (exact) mass is 376 g/mol. The van der Waals surface area contributed by atoms with Gasteiger partial charge in [0.25, 0.3) is 0 Å². The van der Waals surface area contributed by atoms with Crippen molar-refractivity contribution in [2.24, 2.45) is 0 Å². The number of esters is 1. The summed E-state index contributed by atoms with van der Waals surface area (Å²) < 4.78 is 11.7. The lowest BCUT2D eigenvalue weighted by Crippen LogP contribution is -2.18. The highest BCUT2D eigenvalue weighted by molar-refractivity contribution is 9.10. The summed E-state index contributed by atoms with van der Waals surface area (Å²) in [7, 11) is 0. The minimum absolute atomic E-state index is 0.0348. The Morgan fingerprint density at radius 2 is 1.61 bits per heavy atom. The van der Waals surface area contributed by atoms with Gasteiger partial charge in [-0.25, -0.2) is 4.79 Å². The van der Waals surface area contributed by atoms with Crippen LogP contribution in [0.15, 0.2) is 40.9 Å². The summed E-state index contributed by atoms with van der Waals surface area (Å²) in [5.41, 5.74) is 2.45. The van der Waals surface area contributed by atoms with Gasteiger partial charge in [0, 0.05) is 10.0 Å². The van der Waals surface area contributed by atoms with Crippen LogP contribution in [0.3, 0.4) is 0 Å². The van der Waals surface area contributed by atoms with E-state index >= 15 is 0 Å². The minimum atomic E-state index is -0.498. The number of rotatable bonds is 5. The first-order chi connectivity index (χ1) is 10.9. The lowest BCUT2D eigenvalue weighted by Gasteiger charge is -2.12. The molecule has 0 aliphatic carbocycles. The average Bonchev–Trinajstić information content (AvgIpc) is 2.46. The molecule has 0 fully saturated rings. The lowest BCUT2D eigenvalue weighted by atomic mass is 10.1. The maximum atomic E-state index is 11.9. The highest BCUT2D eigenvalue weighted by atomic mass is 79.9. The topological polar surface area (TPSA) is 52.6 Å². The van der Waals surface area contributed by atoms with E-state index in [0.717, 1.165) is 15.6 Å². The number of ketones is 1. The highest BCUT2D eigenvalue weighted by Crippen LogP contribution is 2.27. The third-order valence-corrected chi connectivity index (χ3v) is 3.71. The molecular weight excluding hydrogens is 360 g/mol. The van der Waals surface area contributed by atoms with E-state index < -0.39 is 5.97 Å². The smallest absolute Gasteiger partial charge is 0.349 e. The molecule has 2 rings (SSSR count). The Morgan fingerprint density at radius 3 is 2.13 bits per heavy atom. The summed E-state index contributed by atoms with van der Waals surface area (Å²) in [6, 6.07) is 10.3. The average molecular weight is 377 g/mol. The Hall–Kier alpha value is -2.14. The molecule has 0 saturated heterocycles. The molecule has 120 valence electrons. The first kappa shape index (κ1) is 17.2. The Labute approximate surface area is 143 Å². The van der Waals surface area contributed by atoms with Crippen molar-refractivity contribution >= 4 is 27.7 Å². The zero-order valence-electron chi connectivity index (χ0n) is 13.2. The van der Waals surface area contributed by atoms with Gasteiger partial charge in [-0.05, 0) is 68.3 Å². The second kappa shape index (κ2) is 7.42. The number of ether oxygens (including phenoxy) is 2. The van der Waals surface area contributed by atoms with E-state index in [1.165, 1.54) is 6.92 Å². The van der Waals surface area contributed by atoms with Gasteiger partial charge in [0.15, 0.2) is 12.4 Å². The van der Waals surface area contributed by atoms with E-state index in [-0.39, 0.29) is 12.4 Å². The number of carbonyl (C=O) groups is 2. The van der Waals surface area contributed by atoms with Crippen LogP contribution in [0.5, 0.6) is 11.5 Å². The molecule has 2 aromatic rings. The van der Waals surface area contributed by atoms with E-state index in [1.54, 1.807) is 24.3 Å². The van der Waals surface area contributed by atoms with Crippen molar-refractivity contribution in [1.82, 2.24) is 0 Å². The van der Waals surface area contributed by atoms with Crippen LogP contribution in [0, 0.1) is 13.8 Å². The number of benzene rings is 2. The van der Waals surface area contributed by atoms with Crippen LogP contribution in [0.1, 0.15) is 28.4 Å². The summed E-state index contributed by atoms with van der Waals surface area (Å²) in [5, 5.41) is 0. The zero-order chi connectivity index (χ0) is 17.0. The van der Waals surface area contributed by atoms with Gasteiger partial charge in [-0.15, -0.1) is 0 Å². The predicted molar refractivity (Wildman–Crippen MR) is 91.2 cm³/mol. The molecule has 0 aliphatic rings. The summed E-state index contributed by atoms with van der Waals surface area (Å²) in [5.74, 6) is 0.527. The quantitative estimate of drug-likeness (QED) is 0.444. The SMILES string of the molecule is CC(=O)c1ccc(OC(=O)COc2c(C)cc(Br)cc2C)cc1. The van der Waals surface area contributed by atoms with Gasteiger partial charge in [-0.3, -0.25) is 4.79 Å². The molecular formula is C18H17BrO4. The number of Topliss-reactive ketones (excluding diaryl/α,β-unsaturated/α-hetero) is 1. The fourth-order valence-electron chi connectivity index (χ4n) is 2.17. The maximum Gasteiger partial charge on any atom is 0.349 e. The van der Waals surface area contributed by atoms with Crippen LogP contribution in [-0.4, -0.2) is 18.4 Å². The number of hydrogen-bond donors (Lipinski definition) is 0. The first-order valence-corrected chi connectivity index (χ1v) is 7.87. The standard InChI is InChI=1S/C18H17BrO4/c1-11-8-15(19)9-12(2)18(11)22-10-17(21)23-16-6-4-14(5-7-16)13(3)20/h4-9H,10H2,1-3H3. The van der Waals surface area contributed by atoms with Crippen LogP contribution >= 0.6 is 15.9 Å². The van der Waals surface area contributed by atoms with Crippen LogP contribution in [-0.2, 0) is 4.79 Å². The molecule has 0 radical (unpaired) electrons. The molecule has 23 heavy (non-hydrogen) atoms. The number of carbonyl (C=O) groups excluding carboxylic acids is 2. The van der Waals surface area contributed by atoms with Gasteiger partial charge in [0.2, 0.25) is 0 Å². The predicted octanol–water partition coefficient (Wildman–Crippen LogP) is 4.25. The van der Waals surface area contributed by atoms with E-state index in [1.807, 2.05) is 26.0 Å². The van der Waals surface area contributed by atoms with E-state index in [0.29, 0.717) is 17.1 Å². The van der Waals surface area contributed by atoms with E-state index in [2.05, 4.69) is 15.9 Å².